The van der Waals surface area contributed by atoms with Crippen LogP contribution in [0.25, 0.3) is 0 Å². The fourth-order valence-electron chi connectivity index (χ4n) is 1.62. The monoisotopic (exact) mass is 201 g/mol. The standard InChI is InChI=1S/C6H10BN2O3S/c10-5-7-8-1-2-9-6(3-8)4-12-13(9)11/h5-6H,1-4H2/t6-,13?/m1/s1. The summed E-state index contributed by atoms with van der Waals surface area (Å²) < 4.78 is 18.0. The minimum absolute atomic E-state index is 0.172. The van der Waals surface area contributed by atoms with E-state index >= 15 is 0 Å². The number of hydrogen-bond acceptors (Lipinski definition) is 4. The van der Waals surface area contributed by atoms with Crippen LogP contribution in [0.4, 0.5) is 0 Å². The Kier molecular flexibility index (Phi) is 2.78. The van der Waals surface area contributed by atoms with E-state index in [0.29, 0.717) is 13.2 Å². The Morgan fingerprint density at radius 2 is 2.38 bits per heavy atom. The highest BCUT2D eigenvalue weighted by atomic mass is 32.2. The molecule has 0 aromatic heterocycles. The molecule has 71 valence electrons. The molecule has 0 spiro atoms. The van der Waals surface area contributed by atoms with Crippen molar-refractivity contribution in [1.82, 2.24) is 9.12 Å². The van der Waals surface area contributed by atoms with Gasteiger partial charge in [-0.1, -0.05) is 0 Å². The zero-order valence-corrected chi connectivity index (χ0v) is 7.90. The van der Waals surface area contributed by atoms with E-state index in [1.54, 1.807) is 0 Å². The maximum Gasteiger partial charge on any atom is 0.293 e. The normalized spacial score (nSPS) is 35.7. The van der Waals surface area contributed by atoms with Crippen molar-refractivity contribution < 1.29 is 13.2 Å². The van der Waals surface area contributed by atoms with E-state index in [1.165, 1.54) is 7.41 Å². The van der Waals surface area contributed by atoms with Crippen LogP contribution in [-0.4, -0.2) is 59.2 Å². The zero-order valence-electron chi connectivity index (χ0n) is 7.09. The van der Waals surface area contributed by atoms with E-state index < -0.39 is 11.3 Å². The first-order valence-electron chi connectivity index (χ1n) is 4.16. The van der Waals surface area contributed by atoms with Crippen LogP contribution in [0.1, 0.15) is 0 Å². The van der Waals surface area contributed by atoms with Gasteiger partial charge in [-0.15, -0.1) is 0 Å². The predicted molar refractivity (Wildman–Crippen MR) is 48.7 cm³/mol. The average molecular weight is 201 g/mol. The van der Waals surface area contributed by atoms with Gasteiger partial charge in [-0.25, -0.2) is 4.21 Å². The van der Waals surface area contributed by atoms with E-state index in [-0.39, 0.29) is 6.04 Å². The Bertz CT molecular complexity index is 240. The number of carbonyl (C=O) groups excluding carboxylic acids is 1. The van der Waals surface area contributed by atoms with Gasteiger partial charge in [-0.3, -0.25) is 4.18 Å². The summed E-state index contributed by atoms with van der Waals surface area (Å²) in [5, 5.41) is 0. The minimum atomic E-state index is -1.25. The van der Waals surface area contributed by atoms with Gasteiger partial charge in [-0.05, 0) is 0 Å². The lowest BCUT2D eigenvalue weighted by Crippen LogP contribution is -2.52. The number of fused-ring (bicyclic) bond motifs is 1. The summed E-state index contributed by atoms with van der Waals surface area (Å²) in [5.41, 5.74) is 0. The summed E-state index contributed by atoms with van der Waals surface area (Å²) in [7, 11) is 1.53. The molecule has 2 rings (SSSR count). The lowest BCUT2D eigenvalue weighted by molar-refractivity contribution is 0.210. The molecule has 2 atom stereocenters. The third-order valence-electron chi connectivity index (χ3n) is 2.28. The van der Waals surface area contributed by atoms with Crippen LogP contribution < -0.4 is 0 Å². The largest absolute Gasteiger partial charge is 0.337 e. The molecule has 0 saturated carbocycles. The van der Waals surface area contributed by atoms with Crippen molar-refractivity contribution in [2.45, 2.75) is 6.04 Å². The van der Waals surface area contributed by atoms with Crippen molar-refractivity contribution in [1.29, 1.82) is 0 Å². The zero-order chi connectivity index (χ0) is 9.26. The van der Waals surface area contributed by atoms with E-state index in [2.05, 4.69) is 0 Å². The molecule has 13 heavy (non-hydrogen) atoms. The quantitative estimate of drug-likeness (QED) is 0.398. The van der Waals surface area contributed by atoms with E-state index in [9.17, 15) is 9.00 Å². The van der Waals surface area contributed by atoms with Gasteiger partial charge in [0.15, 0.2) is 0 Å². The molecule has 0 aliphatic carbocycles. The summed E-state index contributed by atoms with van der Waals surface area (Å²) in [4.78, 5) is 12.2. The number of nitrogens with zero attached hydrogens (tertiary/aromatic N) is 2. The van der Waals surface area contributed by atoms with Crippen LogP contribution in [0, 0.1) is 0 Å². The van der Waals surface area contributed by atoms with Gasteiger partial charge < -0.3 is 9.61 Å². The van der Waals surface area contributed by atoms with Crippen molar-refractivity contribution in [3.8, 4) is 0 Å². The highest BCUT2D eigenvalue weighted by Crippen LogP contribution is 2.18. The molecule has 2 saturated heterocycles. The molecule has 2 aliphatic heterocycles. The first kappa shape index (κ1) is 9.33. The lowest BCUT2D eigenvalue weighted by atomic mass is 9.92. The van der Waals surface area contributed by atoms with Gasteiger partial charge in [0.05, 0.1) is 18.8 Å². The maximum absolute atomic E-state index is 11.2. The molecule has 0 aromatic carbocycles. The van der Waals surface area contributed by atoms with Gasteiger partial charge in [0.1, 0.15) is 0 Å². The average Bonchev–Trinajstić information content (AvgIpc) is 2.48. The number of rotatable bonds is 2. The molecule has 1 radical (unpaired) electrons. The Morgan fingerprint density at radius 1 is 1.54 bits per heavy atom. The van der Waals surface area contributed by atoms with E-state index in [0.717, 1.165) is 19.3 Å². The van der Waals surface area contributed by atoms with Gasteiger partial charge in [0.25, 0.3) is 7.41 Å². The molecule has 1 unspecified atom stereocenters. The predicted octanol–water partition coefficient (Wildman–Crippen LogP) is -1.61. The molecule has 0 aromatic rings. The van der Waals surface area contributed by atoms with Crippen molar-refractivity contribution >= 4 is 24.9 Å². The molecule has 2 heterocycles. The molecule has 2 fully saturated rings. The third-order valence-corrected chi connectivity index (χ3v) is 3.49. The molecular weight excluding hydrogens is 191 g/mol. The molecule has 5 nitrogen and oxygen atoms in total. The van der Waals surface area contributed by atoms with Crippen LogP contribution in [0.5, 0.6) is 0 Å². The molecule has 2 aliphatic rings. The van der Waals surface area contributed by atoms with Gasteiger partial charge in [0.2, 0.25) is 11.3 Å². The Labute approximate surface area is 80.1 Å². The van der Waals surface area contributed by atoms with Gasteiger partial charge in [0, 0.05) is 19.6 Å². The summed E-state index contributed by atoms with van der Waals surface area (Å²) in [6.45, 7) is 2.66. The SMILES string of the molecule is O=C[B]N1CCN2[C@@H](COS2=O)C1. The number of hydrogen-bond donors (Lipinski definition) is 0. The first-order valence-corrected chi connectivity index (χ1v) is 5.19. The second-order valence-corrected chi connectivity index (χ2v) is 4.22. The first-order chi connectivity index (χ1) is 6.31. The highest BCUT2D eigenvalue weighted by molar-refractivity contribution is 7.78. The van der Waals surface area contributed by atoms with Crippen molar-refractivity contribution in [2.75, 3.05) is 26.2 Å². The number of carbonyl (C=O) groups is 1. The Morgan fingerprint density at radius 3 is 3.15 bits per heavy atom. The third kappa shape index (κ3) is 1.83. The summed E-state index contributed by atoms with van der Waals surface area (Å²) in [6.07, 6.45) is 0.780. The fourth-order valence-corrected chi connectivity index (χ4v) is 2.63. The topological polar surface area (TPSA) is 49.9 Å². The second kappa shape index (κ2) is 3.87. The van der Waals surface area contributed by atoms with Crippen LogP contribution >= 0.6 is 0 Å². The molecule has 0 bridgehead atoms. The summed E-state index contributed by atoms with van der Waals surface area (Å²) >= 11 is -1.25. The molecular formula is C6H10BN2O3S. The van der Waals surface area contributed by atoms with E-state index in [4.69, 9.17) is 4.18 Å². The summed E-state index contributed by atoms with van der Waals surface area (Å²) in [6, 6.07) is 0.172. The van der Waals surface area contributed by atoms with Crippen molar-refractivity contribution in [3.05, 3.63) is 0 Å². The van der Waals surface area contributed by atoms with Gasteiger partial charge >= 0.3 is 0 Å². The molecule has 0 amide bonds. The van der Waals surface area contributed by atoms with Crippen LogP contribution in [0.15, 0.2) is 0 Å². The fraction of sp³-hybridized carbons (Fsp3) is 0.833. The summed E-state index contributed by atoms with van der Waals surface area (Å²) in [5.74, 6) is 0. The van der Waals surface area contributed by atoms with Crippen molar-refractivity contribution in [3.63, 3.8) is 0 Å². The highest BCUT2D eigenvalue weighted by Gasteiger charge is 2.36. The van der Waals surface area contributed by atoms with Crippen LogP contribution in [0.2, 0.25) is 0 Å². The van der Waals surface area contributed by atoms with Gasteiger partial charge in [-0.2, -0.15) is 4.31 Å². The minimum Gasteiger partial charge on any atom is -0.337 e. The van der Waals surface area contributed by atoms with E-state index in [1.807, 2.05) is 9.12 Å². The smallest absolute Gasteiger partial charge is 0.293 e. The maximum atomic E-state index is 11.2. The van der Waals surface area contributed by atoms with Crippen LogP contribution in [-0.2, 0) is 20.2 Å². The molecule has 0 N–H and O–H groups in total. The van der Waals surface area contributed by atoms with Crippen LogP contribution in [0.3, 0.4) is 0 Å². The Hall–Kier alpha value is -0.235. The molecule has 7 heteroatoms. The van der Waals surface area contributed by atoms with Crippen molar-refractivity contribution in [2.24, 2.45) is 0 Å². The second-order valence-electron chi connectivity index (χ2n) is 3.08. The number of piperazine rings is 1. The Balaban J connectivity index is 1.95. The lowest BCUT2D eigenvalue weighted by Gasteiger charge is -2.33.